The van der Waals surface area contributed by atoms with Gasteiger partial charge in [-0.3, -0.25) is 0 Å². The first-order chi connectivity index (χ1) is 10.0. The van der Waals surface area contributed by atoms with Gasteiger partial charge in [-0.2, -0.15) is 8.78 Å². The van der Waals surface area contributed by atoms with Gasteiger partial charge in [0.25, 0.3) is 0 Å². The Balaban J connectivity index is 1.65. The molecule has 0 heterocycles. The molecule has 1 fully saturated rings. The third kappa shape index (κ3) is 3.01. The molecule has 0 aliphatic heterocycles. The minimum absolute atomic E-state index is 0.214. The molecular formula is C16H18F3NO. The molecule has 3 rings (SSSR count). The van der Waals surface area contributed by atoms with Crippen LogP contribution < -0.4 is 10.1 Å². The van der Waals surface area contributed by atoms with E-state index in [4.69, 9.17) is 0 Å². The second-order valence-corrected chi connectivity index (χ2v) is 5.90. The SMILES string of the molecule is CC(Nc1ccc(OC(F)F)c(F)c1)C1CC2C=CC1C2. The number of benzene rings is 1. The first-order valence-electron chi connectivity index (χ1n) is 7.22. The molecule has 2 bridgehead atoms. The van der Waals surface area contributed by atoms with E-state index in [1.165, 1.54) is 18.6 Å². The van der Waals surface area contributed by atoms with Crippen LogP contribution in [-0.2, 0) is 0 Å². The van der Waals surface area contributed by atoms with Gasteiger partial charge in [0, 0.05) is 17.8 Å². The van der Waals surface area contributed by atoms with Crippen molar-refractivity contribution < 1.29 is 17.9 Å². The van der Waals surface area contributed by atoms with E-state index in [2.05, 4.69) is 29.1 Å². The van der Waals surface area contributed by atoms with E-state index in [1.54, 1.807) is 6.07 Å². The molecule has 4 unspecified atom stereocenters. The molecule has 1 aromatic carbocycles. The van der Waals surface area contributed by atoms with E-state index in [9.17, 15) is 13.2 Å². The predicted molar refractivity (Wildman–Crippen MR) is 75.0 cm³/mol. The number of hydrogen-bond acceptors (Lipinski definition) is 2. The number of rotatable bonds is 5. The molecule has 5 heteroatoms. The summed E-state index contributed by atoms with van der Waals surface area (Å²) < 4.78 is 42.0. The van der Waals surface area contributed by atoms with Crippen molar-refractivity contribution in [3.8, 4) is 5.75 Å². The average Bonchev–Trinajstić information content (AvgIpc) is 3.04. The molecular weight excluding hydrogens is 279 g/mol. The van der Waals surface area contributed by atoms with Gasteiger partial charge in [-0.15, -0.1) is 0 Å². The van der Waals surface area contributed by atoms with Crippen molar-refractivity contribution in [2.75, 3.05) is 5.32 Å². The fourth-order valence-corrected chi connectivity index (χ4v) is 3.55. The Kier molecular flexibility index (Phi) is 3.83. The summed E-state index contributed by atoms with van der Waals surface area (Å²) in [4.78, 5) is 0. The fraction of sp³-hybridized carbons (Fsp3) is 0.500. The quantitative estimate of drug-likeness (QED) is 0.811. The van der Waals surface area contributed by atoms with Gasteiger partial charge in [0.15, 0.2) is 11.6 Å². The van der Waals surface area contributed by atoms with Crippen LogP contribution in [0.1, 0.15) is 19.8 Å². The van der Waals surface area contributed by atoms with Crippen LogP contribution in [0.2, 0.25) is 0 Å². The van der Waals surface area contributed by atoms with Crippen molar-refractivity contribution >= 4 is 5.69 Å². The average molecular weight is 297 g/mol. The van der Waals surface area contributed by atoms with E-state index in [0.29, 0.717) is 23.4 Å². The summed E-state index contributed by atoms with van der Waals surface area (Å²) in [5.74, 6) is 0.623. The predicted octanol–water partition coefficient (Wildman–Crippen LogP) is 4.44. The zero-order valence-electron chi connectivity index (χ0n) is 11.7. The lowest BCUT2D eigenvalue weighted by molar-refractivity contribution is -0.0521. The lowest BCUT2D eigenvalue weighted by atomic mass is 9.87. The highest BCUT2D eigenvalue weighted by Crippen LogP contribution is 2.45. The van der Waals surface area contributed by atoms with Gasteiger partial charge in [-0.1, -0.05) is 12.2 Å². The Bertz CT molecular complexity index is 546. The van der Waals surface area contributed by atoms with E-state index in [1.807, 2.05) is 0 Å². The van der Waals surface area contributed by atoms with Gasteiger partial charge >= 0.3 is 6.61 Å². The maximum absolute atomic E-state index is 13.7. The summed E-state index contributed by atoms with van der Waals surface area (Å²) in [6.07, 6.45) is 6.93. The van der Waals surface area contributed by atoms with Gasteiger partial charge in [-0.05, 0) is 49.7 Å². The second-order valence-electron chi connectivity index (χ2n) is 5.90. The summed E-state index contributed by atoms with van der Waals surface area (Å²) in [7, 11) is 0. The highest BCUT2D eigenvalue weighted by molar-refractivity contribution is 5.48. The molecule has 0 aromatic heterocycles. The summed E-state index contributed by atoms with van der Waals surface area (Å²) in [5, 5.41) is 3.27. The van der Waals surface area contributed by atoms with Crippen LogP contribution >= 0.6 is 0 Å². The molecule has 2 nitrogen and oxygen atoms in total. The minimum atomic E-state index is -3.02. The second kappa shape index (κ2) is 5.62. The van der Waals surface area contributed by atoms with Gasteiger partial charge < -0.3 is 10.1 Å². The molecule has 1 saturated carbocycles. The number of anilines is 1. The molecule has 2 aliphatic rings. The Morgan fingerprint density at radius 3 is 2.62 bits per heavy atom. The summed E-state index contributed by atoms with van der Waals surface area (Å²) in [6.45, 7) is -0.932. The lowest BCUT2D eigenvalue weighted by Crippen LogP contribution is -2.28. The molecule has 1 aromatic rings. The molecule has 0 saturated heterocycles. The highest BCUT2D eigenvalue weighted by Gasteiger charge is 2.38. The summed E-state index contributed by atoms with van der Waals surface area (Å²) in [6, 6.07) is 4.22. The number of ether oxygens (including phenoxy) is 1. The van der Waals surface area contributed by atoms with E-state index < -0.39 is 18.2 Å². The van der Waals surface area contributed by atoms with Crippen LogP contribution in [0.5, 0.6) is 5.75 Å². The molecule has 0 amide bonds. The number of nitrogens with one attached hydrogen (secondary N) is 1. The van der Waals surface area contributed by atoms with Crippen LogP contribution in [0.4, 0.5) is 18.9 Å². The third-order valence-corrected chi connectivity index (χ3v) is 4.51. The molecule has 2 aliphatic carbocycles. The molecule has 114 valence electrons. The first-order valence-corrected chi connectivity index (χ1v) is 7.22. The minimum Gasteiger partial charge on any atom is -0.432 e. The van der Waals surface area contributed by atoms with Gasteiger partial charge in [-0.25, -0.2) is 4.39 Å². The Morgan fingerprint density at radius 1 is 1.24 bits per heavy atom. The number of alkyl halides is 2. The third-order valence-electron chi connectivity index (χ3n) is 4.51. The van der Waals surface area contributed by atoms with E-state index in [-0.39, 0.29) is 6.04 Å². The van der Waals surface area contributed by atoms with Crippen LogP contribution in [-0.4, -0.2) is 12.7 Å². The van der Waals surface area contributed by atoms with Crippen molar-refractivity contribution in [3.63, 3.8) is 0 Å². The van der Waals surface area contributed by atoms with E-state index in [0.717, 1.165) is 6.42 Å². The standard InChI is InChI=1S/C16H18F3NO/c1-9(13-7-10-2-3-11(13)6-10)20-12-4-5-15(14(17)8-12)21-16(18)19/h2-5,8-11,13,16,20H,6-7H2,1H3. The highest BCUT2D eigenvalue weighted by atomic mass is 19.3. The number of halogens is 3. The maximum Gasteiger partial charge on any atom is 0.387 e. The summed E-state index contributed by atoms with van der Waals surface area (Å²) >= 11 is 0. The van der Waals surface area contributed by atoms with Gasteiger partial charge in [0.2, 0.25) is 0 Å². The van der Waals surface area contributed by atoms with Crippen molar-refractivity contribution in [1.29, 1.82) is 0 Å². The lowest BCUT2D eigenvalue weighted by Gasteiger charge is -2.27. The monoisotopic (exact) mass is 297 g/mol. The molecule has 21 heavy (non-hydrogen) atoms. The number of hydrogen-bond donors (Lipinski definition) is 1. The Labute approximate surface area is 122 Å². The zero-order chi connectivity index (χ0) is 15.0. The molecule has 1 N–H and O–H groups in total. The smallest absolute Gasteiger partial charge is 0.387 e. The first kappa shape index (κ1) is 14.3. The van der Waals surface area contributed by atoms with Crippen LogP contribution in [0, 0.1) is 23.6 Å². The van der Waals surface area contributed by atoms with Crippen molar-refractivity contribution in [2.24, 2.45) is 17.8 Å². The summed E-state index contributed by atoms with van der Waals surface area (Å²) in [5.41, 5.74) is 0.591. The van der Waals surface area contributed by atoms with Crippen molar-refractivity contribution in [3.05, 3.63) is 36.2 Å². The number of fused-ring (bicyclic) bond motifs is 2. The number of allylic oxidation sites excluding steroid dienone is 2. The topological polar surface area (TPSA) is 21.3 Å². The molecule has 4 atom stereocenters. The maximum atomic E-state index is 13.7. The largest absolute Gasteiger partial charge is 0.432 e. The van der Waals surface area contributed by atoms with Crippen LogP contribution in [0.3, 0.4) is 0 Å². The molecule has 0 radical (unpaired) electrons. The van der Waals surface area contributed by atoms with Crippen LogP contribution in [0.15, 0.2) is 30.4 Å². The molecule has 0 spiro atoms. The zero-order valence-corrected chi connectivity index (χ0v) is 11.7. The fourth-order valence-electron chi connectivity index (χ4n) is 3.55. The Hall–Kier alpha value is -1.65. The normalized spacial score (nSPS) is 28.1. The van der Waals surface area contributed by atoms with Crippen molar-refractivity contribution in [1.82, 2.24) is 0 Å². The Morgan fingerprint density at radius 2 is 2.05 bits per heavy atom. The van der Waals surface area contributed by atoms with Gasteiger partial charge in [0.1, 0.15) is 0 Å². The van der Waals surface area contributed by atoms with Crippen molar-refractivity contribution in [2.45, 2.75) is 32.4 Å². The van der Waals surface area contributed by atoms with Crippen LogP contribution in [0.25, 0.3) is 0 Å². The van der Waals surface area contributed by atoms with Gasteiger partial charge in [0.05, 0.1) is 0 Å². The van der Waals surface area contributed by atoms with E-state index >= 15 is 0 Å².